The first-order chi connectivity index (χ1) is 10.2. The van der Waals surface area contributed by atoms with Crippen LogP contribution in [-0.2, 0) is 4.79 Å². The zero-order chi connectivity index (χ0) is 14.8. The smallest absolute Gasteiger partial charge is 0.234 e. The number of hydrogen-bond donors (Lipinski definition) is 1. The normalized spacial score (nSPS) is 13.0. The van der Waals surface area contributed by atoms with Crippen molar-refractivity contribution in [1.29, 1.82) is 0 Å². The minimum atomic E-state index is -0.386. The number of amides is 1. The summed E-state index contributed by atoms with van der Waals surface area (Å²) in [4.78, 5) is 14.3. The SMILES string of the molecule is CN(CCO)C(=O)C1c2ccccc2Oc2ccccc21. The van der Waals surface area contributed by atoms with Gasteiger partial charge < -0.3 is 14.7 Å². The zero-order valence-corrected chi connectivity index (χ0v) is 11.8. The molecule has 0 unspecified atom stereocenters. The van der Waals surface area contributed by atoms with Gasteiger partial charge in [0.1, 0.15) is 11.5 Å². The summed E-state index contributed by atoms with van der Waals surface area (Å²) in [5.41, 5.74) is 1.73. The first kappa shape index (κ1) is 13.6. The molecule has 2 aromatic carbocycles. The van der Waals surface area contributed by atoms with Gasteiger partial charge in [-0.25, -0.2) is 0 Å². The van der Waals surface area contributed by atoms with E-state index in [2.05, 4.69) is 0 Å². The Bertz CT molecular complexity index is 623. The van der Waals surface area contributed by atoms with Crippen molar-refractivity contribution in [1.82, 2.24) is 4.90 Å². The number of carbonyl (C=O) groups excluding carboxylic acids is 1. The van der Waals surface area contributed by atoms with Gasteiger partial charge in [-0.05, 0) is 12.1 Å². The van der Waals surface area contributed by atoms with Crippen LogP contribution < -0.4 is 4.74 Å². The highest BCUT2D eigenvalue weighted by Gasteiger charge is 2.33. The highest BCUT2D eigenvalue weighted by Crippen LogP contribution is 2.44. The molecule has 0 saturated carbocycles. The molecule has 1 N–H and O–H groups in total. The van der Waals surface area contributed by atoms with Crippen molar-refractivity contribution >= 4 is 5.91 Å². The van der Waals surface area contributed by atoms with E-state index in [9.17, 15) is 4.79 Å². The molecule has 4 heteroatoms. The quantitative estimate of drug-likeness (QED) is 0.941. The molecule has 21 heavy (non-hydrogen) atoms. The van der Waals surface area contributed by atoms with Gasteiger partial charge in [0.05, 0.1) is 12.5 Å². The molecule has 0 aliphatic carbocycles. The number of carbonyl (C=O) groups is 1. The van der Waals surface area contributed by atoms with Crippen LogP contribution in [0.25, 0.3) is 0 Å². The van der Waals surface area contributed by atoms with Crippen molar-refractivity contribution in [3.63, 3.8) is 0 Å². The second-order valence-electron chi connectivity index (χ2n) is 5.09. The van der Waals surface area contributed by atoms with E-state index in [1.807, 2.05) is 48.5 Å². The highest BCUT2D eigenvalue weighted by atomic mass is 16.5. The molecule has 0 bridgehead atoms. The Morgan fingerprint density at radius 1 is 1.10 bits per heavy atom. The van der Waals surface area contributed by atoms with Crippen LogP contribution in [0.2, 0.25) is 0 Å². The minimum Gasteiger partial charge on any atom is -0.457 e. The van der Waals surface area contributed by atoms with Gasteiger partial charge in [0.25, 0.3) is 0 Å². The number of hydrogen-bond acceptors (Lipinski definition) is 3. The van der Waals surface area contributed by atoms with Crippen molar-refractivity contribution in [3.05, 3.63) is 59.7 Å². The number of aliphatic hydroxyl groups is 1. The lowest BCUT2D eigenvalue weighted by molar-refractivity contribution is -0.131. The van der Waals surface area contributed by atoms with E-state index in [0.29, 0.717) is 18.0 Å². The lowest BCUT2D eigenvalue weighted by atomic mass is 9.87. The van der Waals surface area contributed by atoms with Gasteiger partial charge >= 0.3 is 0 Å². The van der Waals surface area contributed by atoms with Crippen LogP contribution in [0.4, 0.5) is 0 Å². The van der Waals surface area contributed by atoms with Crippen LogP contribution in [0.3, 0.4) is 0 Å². The fourth-order valence-corrected chi connectivity index (χ4v) is 2.66. The Morgan fingerprint density at radius 2 is 1.62 bits per heavy atom. The molecule has 0 saturated heterocycles. The van der Waals surface area contributed by atoms with Gasteiger partial charge in [-0.2, -0.15) is 0 Å². The summed E-state index contributed by atoms with van der Waals surface area (Å²) in [5.74, 6) is 1.01. The lowest BCUT2D eigenvalue weighted by Crippen LogP contribution is -2.35. The van der Waals surface area contributed by atoms with Crippen molar-refractivity contribution < 1.29 is 14.6 Å². The van der Waals surface area contributed by atoms with Gasteiger partial charge in [-0.1, -0.05) is 36.4 Å². The topological polar surface area (TPSA) is 49.8 Å². The standard InChI is InChI=1S/C17H17NO3/c1-18(10-11-19)17(20)16-12-6-2-4-8-14(12)21-15-9-5-3-7-13(15)16/h2-9,16,19H,10-11H2,1H3. The molecule has 1 aliphatic rings. The highest BCUT2D eigenvalue weighted by molar-refractivity contribution is 5.89. The monoisotopic (exact) mass is 283 g/mol. The second kappa shape index (κ2) is 5.58. The number of fused-ring (bicyclic) bond motifs is 2. The minimum absolute atomic E-state index is 0.0350. The van der Waals surface area contributed by atoms with Gasteiger partial charge in [0, 0.05) is 24.7 Å². The molecule has 1 amide bonds. The third kappa shape index (κ3) is 2.38. The van der Waals surface area contributed by atoms with Crippen molar-refractivity contribution in [2.75, 3.05) is 20.2 Å². The molecule has 0 aromatic heterocycles. The van der Waals surface area contributed by atoms with Crippen LogP contribution in [0.1, 0.15) is 17.0 Å². The van der Waals surface area contributed by atoms with E-state index >= 15 is 0 Å². The van der Waals surface area contributed by atoms with Gasteiger partial charge in [0.2, 0.25) is 5.91 Å². The third-order valence-electron chi connectivity index (χ3n) is 3.74. The number of para-hydroxylation sites is 2. The van der Waals surface area contributed by atoms with Gasteiger partial charge in [-0.15, -0.1) is 0 Å². The summed E-state index contributed by atoms with van der Waals surface area (Å²) in [6.07, 6.45) is 0. The average molecular weight is 283 g/mol. The lowest BCUT2D eigenvalue weighted by Gasteiger charge is -2.30. The number of benzene rings is 2. The van der Waals surface area contributed by atoms with E-state index in [4.69, 9.17) is 9.84 Å². The zero-order valence-electron chi connectivity index (χ0n) is 11.8. The van der Waals surface area contributed by atoms with E-state index in [1.54, 1.807) is 11.9 Å². The van der Waals surface area contributed by atoms with Gasteiger partial charge in [0.15, 0.2) is 0 Å². The molecule has 0 radical (unpaired) electrons. The van der Waals surface area contributed by atoms with Crippen LogP contribution >= 0.6 is 0 Å². The largest absolute Gasteiger partial charge is 0.457 e. The summed E-state index contributed by atoms with van der Waals surface area (Å²) >= 11 is 0. The summed E-state index contributed by atoms with van der Waals surface area (Å²) in [6.45, 7) is 0.273. The Balaban J connectivity index is 2.08. The predicted octanol–water partition coefficient (Wildman–Crippen LogP) is 2.37. The van der Waals surface area contributed by atoms with Gasteiger partial charge in [-0.3, -0.25) is 4.79 Å². The van der Waals surface area contributed by atoms with E-state index in [-0.39, 0.29) is 18.4 Å². The molecular weight excluding hydrogens is 266 g/mol. The summed E-state index contributed by atoms with van der Waals surface area (Å²) in [7, 11) is 1.71. The molecule has 2 aromatic rings. The number of nitrogens with zero attached hydrogens (tertiary/aromatic N) is 1. The first-order valence-corrected chi connectivity index (χ1v) is 6.94. The number of ether oxygens (including phenoxy) is 1. The Morgan fingerprint density at radius 3 is 2.14 bits per heavy atom. The fourth-order valence-electron chi connectivity index (χ4n) is 2.66. The van der Waals surface area contributed by atoms with Crippen LogP contribution in [-0.4, -0.2) is 36.1 Å². The molecule has 0 fully saturated rings. The van der Waals surface area contributed by atoms with E-state index < -0.39 is 0 Å². The van der Waals surface area contributed by atoms with E-state index in [1.165, 1.54) is 0 Å². The van der Waals surface area contributed by atoms with Crippen molar-refractivity contribution in [2.45, 2.75) is 5.92 Å². The maximum absolute atomic E-state index is 12.8. The Kier molecular flexibility index (Phi) is 3.62. The van der Waals surface area contributed by atoms with Crippen LogP contribution in [0.5, 0.6) is 11.5 Å². The molecule has 4 nitrogen and oxygen atoms in total. The summed E-state index contributed by atoms with van der Waals surface area (Å²) < 4.78 is 5.88. The molecular formula is C17H17NO3. The van der Waals surface area contributed by atoms with Crippen LogP contribution in [0.15, 0.2) is 48.5 Å². The molecule has 3 rings (SSSR count). The maximum atomic E-state index is 12.8. The fraction of sp³-hybridized carbons (Fsp3) is 0.235. The maximum Gasteiger partial charge on any atom is 0.234 e. The summed E-state index contributed by atoms with van der Waals surface area (Å²) in [5, 5.41) is 9.06. The van der Waals surface area contributed by atoms with Crippen LogP contribution in [0, 0.1) is 0 Å². The van der Waals surface area contributed by atoms with E-state index in [0.717, 1.165) is 11.1 Å². The van der Waals surface area contributed by atoms with Crippen molar-refractivity contribution in [2.24, 2.45) is 0 Å². The van der Waals surface area contributed by atoms with Crippen molar-refractivity contribution in [3.8, 4) is 11.5 Å². The first-order valence-electron chi connectivity index (χ1n) is 6.94. The molecule has 0 spiro atoms. The average Bonchev–Trinajstić information content (AvgIpc) is 2.52. The third-order valence-corrected chi connectivity index (χ3v) is 3.74. The molecule has 0 atom stereocenters. The number of rotatable bonds is 3. The second-order valence-corrected chi connectivity index (χ2v) is 5.09. The molecule has 1 aliphatic heterocycles. The summed E-state index contributed by atoms with van der Waals surface area (Å²) in [6, 6.07) is 15.2. The Hall–Kier alpha value is -2.33. The Labute approximate surface area is 123 Å². The number of likely N-dealkylation sites (N-methyl/N-ethyl adjacent to an activating group) is 1. The number of aliphatic hydroxyl groups excluding tert-OH is 1. The predicted molar refractivity (Wildman–Crippen MR) is 79.5 cm³/mol. The molecule has 1 heterocycles. The molecule has 108 valence electrons.